The first kappa shape index (κ1) is 24.5. The van der Waals surface area contributed by atoms with Gasteiger partial charge in [-0.15, -0.1) is 0 Å². The zero-order valence-electron chi connectivity index (χ0n) is 21.1. The summed E-state index contributed by atoms with van der Waals surface area (Å²) in [6.07, 6.45) is 0.973. The van der Waals surface area contributed by atoms with Crippen LogP contribution in [-0.4, -0.2) is 83.1 Å². The van der Waals surface area contributed by atoms with Crippen LogP contribution in [0.5, 0.6) is 5.75 Å². The number of H-pyrrole nitrogens is 2. The Morgan fingerprint density at radius 2 is 1.95 bits per heavy atom. The van der Waals surface area contributed by atoms with Crippen molar-refractivity contribution in [1.82, 2.24) is 24.8 Å². The fourth-order valence-corrected chi connectivity index (χ4v) is 4.53. The quantitative estimate of drug-likeness (QED) is 0.135. The minimum absolute atomic E-state index is 0.0634. The highest BCUT2D eigenvalue weighted by molar-refractivity contribution is 6.21. The summed E-state index contributed by atoms with van der Waals surface area (Å²) >= 11 is 0. The Balaban J connectivity index is 1.27. The second-order valence-electron chi connectivity index (χ2n) is 9.41. The summed E-state index contributed by atoms with van der Waals surface area (Å²) in [4.78, 5) is 28.7. The van der Waals surface area contributed by atoms with Crippen molar-refractivity contribution in [2.24, 2.45) is 5.73 Å². The molecule has 0 unspecified atom stereocenters. The minimum Gasteiger partial charge on any atom is -0.492 e. The molecule has 3 heterocycles. The molecule has 10 heteroatoms. The van der Waals surface area contributed by atoms with E-state index in [4.69, 9.17) is 15.9 Å². The number of likely N-dealkylation sites (N-methyl/N-ethyl adjacent to an activating group) is 1. The number of nitrogens with two attached hydrogens (primary N) is 1. The molecule has 0 saturated carbocycles. The Morgan fingerprint density at radius 3 is 2.73 bits per heavy atom. The molecule has 1 aliphatic heterocycles. The van der Waals surface area contributed by atoms with E-state index in [0.29, 0.717) is 18.0 Å². The molecule has 2 aromatic carbocycles. The van der Waals surface area contributed by atoms with Gasteiger partial charge in [-0.2, -0.15) is 0 Å². The monoisotopic (exact) mass is 500 g/mol. The number of aromatic nitrogens is 3. The van der Waals surface area contributed by atoms with Gasteiger partial charge in [0.2, 0.25) is 5.78 Å². The number of nitrogens with one attached hydrogen (secondary N) is 4. The Kier molecular flexibility index (Phi) is 6.93. The van der Waals surface area contributed by atoms with Crippen molar-refractivity contribution in [3.63, 3.8) is 0 Å². The molecular weight excluding hydrogens is 468 g/mol. The molecule has 0 amide bonds. The SMILES string of the molecule is Cc1nc2cc(N/C(N)=C(\C=N)C(=O)c3cc4ccc(OCCN5CCN(C)CC5)cc4[nH]3)ccc2[nH]1. The average molecular weight is 501 g/mol. The number of benzene rings is 2. The van der Waals surface area contributed by atoms with Crippen molar-refractivity contribution in [3.05, 3.63) is 65.4 Å². The average Bonchev–Trinajstić information content (AvgIpc) is 3.47. The third kappa shape index (κ3) is 5.50. The number of allylic oxidation sites excluding steroid dienone is 1. The van der Waals surface area contributed by atoms with Gasteiger partial charge in [-0.05, 0) is 50.4 Å². The van der Waals surface area contributed by atoms with Crippen LogP contribution in [0.3, 0.4) is 0 Å². The highest BCUT2D eigenvalue weighted by atomic mass is 16.5. The standard InChI is InChI=1S/C27H32N8O2/c1-17-30-22-6-4-19(14-24(22)31-17)32-27(29)21(16-28)26(36)25-13-18-3-5-20(15-23(18)33-25)37-12-11-35-9-7-34(2)8-10-35/h3-6,13-16,28,32-33H,7-12,29H2,1-2H3,(H,30,31)/b27-21+,28-16?. The zero-order chi connectivity index (χ0) is 25.9. The lowest BCUT2D eigenvalue weighted by Gasteiger charge is -2.32. The fraction of sp³-hybridized carbons (Fsp3) is 0.296. The summed E-state index contributed by atoms with van der Waals surface area (Å²) in [7, 11) is 2.15. The number of carbonyl (C=O) groups excluding carboxylic acids is 1. The van der Waals surface area contributed by atoms with Crippen molar-refractivity contribution in [2.45, 2.75) is 6.92 Å². The van der Waals surface area contributed by atoms with Crippen LogP contribution in [0.15, 0.2) is 53.9 Å². The van der Waals surface area contributed by atoms with Crippen LogP contribution >= 0.6 is 0 Å². The van der Waals surface area contributed by atoms with Crippen molar-refractivity contribution in [2.75, 3.05) is 51.7 Å². The number of ether oxygens (including phenoxy) is 1. The van der Waals surface area contributed by atoms with Gasteiger partial charge in [-0.1, -0.05) is 0 Å². The number of imidazole rings is 1. The number of piperazine rings is 1. The Morgan fingerprint density at radius 1 is 1.14 bits per heavy atom. The summed E-state index contributed by atoms with van der Waals surface area (Å²) in [6, 6.07) is 13.1. The number of rotatable bonds is 9. The van der Waals surface area contributed by atoms with Crippen molar-refractivity contribution in [1.29, 1.82) is 5.41 Å². The number of aryl methyl sites for hydroxylation is 1. The molecule has 0 radical (unpaired) electrons. The number of nitrogens with zero attached hydrogens (tertiary/aromatic N) is 3. The zero-order valence-corrected chi connectivity index (χ0v) is 21.1. The Labute approximate surface area is 215 Å². The lowest BCUT2D eigenvalue weighted by molar-refractivity contribution is 0.103. The number of hydrogen-bond donors (Lipinski definition) is 5. The number of aromatic amines is 2. The number of Topliss-reactive ketones (excluding diaryl/α,β-unsaturated/α-hetero) is 1. The largest absolute Gasteiger partial charge is 0.492 e. The van der Waals surface area contributed by atoms with E-state index < -0.39 is 0 Å². The molecule has 2 aromatic heterocycles. The van der Waals surface area contributed by atoms with Crippen molar-refractivity contribution in [3.8, 4) is 5.75 Å². The van der Waals surface area contributed by atoms with Crippen LogP contribution in [0.1, 0.15) is 16.3 Å². The van der Waals surface area contributed by atoms with E-state index in [1.54, 1.807) is 6.07 Å². The topological polar surface area (TPSA) is 139 Å². The molecule has 1 fully saturated rings. The van der Waals surface area contributed by atoms with E-state index in [2.05, 4.69) is 37.1 Å². The lowest BCUT2D eigenvalue weighted by atomic mass is 10.1. The molecule has 1 saturated heterocycles. The Hall–Kier alpha value is -4.15. The smallest absolute Gasteiger partial charge is 0.214 e. The summed E-state index contributed by atoms with van der Waals surface area (Å²) in [5, 5.41) is 11.7. The maximum absolute atomic E-state index is 13.2. The van der Waals surface area contributed by atoms with Gasteiger partial charge in [0.05, 0.1) is 22.3 Å². The number of carbonyl (C=O) groups is 1. The third-order valence-electron chi connectivity index (χ3n) is 6.67. The van der Waals surface area contributed by atoms with Gasteiger partial charge in [0.1, 0.15) is 24.0 Å². The number of anilines is 1. The van der Waals surface area contributed by atoms with Crippen LogP contribution in [-0.2, 0) is 0 Å². The van der Waals surface area contributed by atoms with Gasteiger partial charge >= 0.3 is 0 Å². The van der Waals surface area contributed by atoms with E-state index in [9.17, 15) is 4.79 Å². The lowest BCUT2D eigenvalue weighted by Crippen LogP contribution is -2.45. The maximum Gasteiger partial charge on any atom is 0.214 e. The molecule has 0 spiro atoms. The molecule has 4 aromatic rings. The molecule has 1 aliphatic rings. The second-order valence-corrected chi connectivity index (χ2v) is 9.41. The molecular formula is C27H32N8O2. The summed E-state index contributed by atoms with van der Waals surface area (Å²) < 4.78 is 5.98. The molecule has 37 heavy (non-hydrogen) atoms. The molecule has 10 nitrogen and oxygen atoms in total. The second kappa shape index (κ2) is 10.5. The van der Waals surface area contributed by atoms with E-state index in [0.717, 1.165) is 72.4 Å². The summed E-state index contributed by atoms with van der Waals surface area (Å²) in [5.74, 6) is 1.28. The highest BCUT2D eigenvalue weighted by Crippen LogP contribution is 2.24. The summed E-state index contributed by atoms with van der Waals surface area (Å²) in [5.41, 5.74) is 9.80. The van der Waals surface area contributed by atoms with E-state index >= 15 is 0 Å². The van der Waals surface area contributed by atoms with Crippen LogP contribution in [0, 0.1) is 12.3 Å². The Bertz CT molecular complexity index is 1480. The molecule has 5 rings (SSSR count). The van der Waals surface area contributed by atoms with Gasteiger partial charge in [-0.25, -0.2) is 4.98 Å². The maximum atomic E-state index is 13.2. The molecule has 0 bridgehead atoms. The molecule has 6 N–H and O–H groups in total. The third-order valence-corrected chi connectivity index (χ3v) is 6.67. The molecule has 192 valence electrons. The van der Waals surface area contributed by atoms with E-state index in [1.165, 1.54) is 0 Å². The van der Waals surface area contributed by atoms with E-state index in [-0.39, 0.29) is 17.2 Å². The van der Waals surface area contributed by atoms with Gasteiger partial charge < -0.3 is 36.1 Å². The van der Waals surface area contributed by atoms with E-state index in [1.807, 2.05) is 43.3 Å². The minimum atomic E-state index is -0.370. The van der Waals surface area contributed by atoms with Crippen LogP contribution in [0.25, 0.3) is 21.9 Å². The van der Waals surface area contributed by atoms with Crippen LogP contribution in [0.2, 0.25) is 0 Å². The van der Waals surface area contributed by atoms with Crippen molar-refractivity contribution < 1.29 is 9.53 Å². The number of ketones is 1. The van der Waals surface area contributed by atoms with Crippen LogP contribution in [0.4, 0.5) is 5.69 Å². The first-order valence-corrected chi connectivity index (χ1v) is 12.3. The molecule has 0 atom stereocenters. The van der Waals surface area contributed by atoms with Gasteiger partial charge in [0.25, 0.3) is 0 Å². The number of hydrogen-bond acceptors (Lipinski definition) is 8. The highest BCUT2D eigenvalue weighted by Gasteiger charge is 2.18. The fourth-order valence-electron chi connectivity index (χ4n) is 4.53. The number of fused-ring (bicyclic) bond motifs is 2. The van der Waals surface area contributed by atoms with Gasteiger partial charge in [0.15, 0.2) is 0 Å². The predicted molar refractivity (Wildman–Crippen MR) is 147 cm³/mol. The normalized spacial score (nSPS) is 15.6. The summed E-state index contributed by atoms with van der Waals surface area (Å²) in [6.45, 7) is 7.64. The van der Waals surface area contributed by atoms with Gasteiger partial charge in [0, 0.05) is 61.6 Å². The van der Waals surface area contributed by atoms with Crippen molar-refractivity contribution >= 4 is 39.6 Å². The molecule has 0 aliphatic carbocycles. The van der Waals surface area contributed by atoms with Crippen LogP contribution < -0.4 is 15.8 Å². The predicted octanol–water partition coefficient (Wildman–Crippen LogP) is 3.09. The van der Waals surface area contributed by atoms with Gasteiger partial charge in [-0.3, -0.25) is 9.69 Å². The first-order valence-electron chi connectivity index (χ1n) is 12.3. The first-order chi connectivity index (χ1) is 17.9.